The number of ether oxygens (including phenoxy) is 1. The van der Waals surface area contributed by atoms with Gasteiger partial charge in [0, 0.05) is 44.4 Å². The molecule has 0 aliphatic carbocycles. The van der Waals surface area contributed by atoms with Gasteiger partial charge in [0.2, 0.25) is 5.91 Å². The summed E-state index contributed by atoms with van der Waals surface area (Å²) in [5.74, 6) is 0.0458. The van der Waals surface area contributed by atoms with E-state index in [1.54, 1.807) is 17.0 Å². The minimum atomic E-state index is -4.55. The summed E-state index contributed by atoms with van der Waals surface area (Å²) < 4.78 is 72.0. The third-order valence-electron chi connectivity index (χ3n) is 8.27. The van der Waals surface area contributed by atoms with Crippen LogP contribution in [0.25, 0.3) is 0 Å². The van der Waals surface area contributed by atoms with Crippen molar-refractivity contribution in [1.82, 2.24) is 19.6 Å². The molecule has 1 aromatic carbocycles. The molecule has 1 N–H and O–H groups in total. The van der Waals surface area contributed by atoms with Crippen molar-refractivity contribution < 1.29 is 35.9 Å². The Labute approximate surface area is 236 Å². The number of alkyl halides is 3. The summed E-state index contributed by atoms with van der Waals surface area (Å²) in [7, 11) is -3.12. The normalized spacial score (nSPS) is 21.2. The van der Waals surface area contributed by atoms with Gasteiger partial charge in [0.1, 0.15) is 11.9 Å². The van der Waals surface area contributed by atoms with Gasteiger partial charge in [-0.05, 0) is 68.8 Å². The highest BCUT2D eigenvalue weighted by Gasteiger charge is 2.44. The van der Waals surface area contributed by atoms with E-state index in [0.29, 0.717) is 43.9 Å². The van der Waals surface area contributed by atoms with Crippen LogP contribution in [0.4, 0.5) is 23.8 Å². The molecule has 3 aliphatic heterocycles. The first-order chi connectivity index (χ1) is 19.3. The highest BCUT2D eigenvalue weighted by atomic mass is 32.2. The summed E-state index contributed by atoms with van der Waals surface area (Å²) >= 11 is 0. The average Bonchev–Trinajstić information content (AvgIpc) is 3.51. The number of nitrogens with one attached hydrogen (secondary N) is 1. The summed E-state index contributed by atoms with van der Waals surface area (Å²) in [6.45, 7) is 3.36. The molecule has 10 nitrogen and oxygen atoms in total. The smallest absolute Gasteiger partial charge is 0.416 e. The molecular formula is C27H34F3N5O5S. The van der Waals surface area contributed by atoms with E-state index >= 15 is 0 Å². The van der Waals surface area contributed by atoms with Gasteiger partial charge in [0.15, 0.2) is 15.7 Å². The van der Waals surface area contributed by atoms with Crippen molar-refractivity contribution in [2.75, 3.05) is 36.5 Å². The van der Waals surface area contributed by atoms with E-state index in [4.69, 9.17) is 4.74 Å². The second-order valence-electron chi connectivity index (χ2n) is 11.2. The second-order valence-corrected chi connectivity index (χ2v) is 13.5. The number of hydrogen-bond acceptors (Lipinski definition) is 7. The number of nitrogens with zero attached hydrogens (tertiary/aromatic N) is 4. The molecule has 5 rings (SSSR count). The van der Waals surface area contributed by atoms with Crippen molar-refractivity contribution in [3.63, 3.8) is 0 Å². The Morgan fingerprint density at radius 3 is 2.46 bits per heavy atom. The van der Waals surface area contributed by atoms with Crippen LogP contribution in [0.5, 0.6) is 5.75 Å². The molecule has 0 unspecified atom stereocenters. The van der Waals surface area contributed by atoms with Crippen molar-refractivity contribution in [2.24, 2.45) is 0 Å². The Morgan fingerprint density at radius 2 is 1.80 bits per heavy atom. The van der Waals surface area contributed by atoms with E-state index < -0.39 is 27.7 Å². The standard InChI is InChI=1S/C27H34F3N5O5S/c1-19(36)31-24-3-10-35(32-24)25(37)33-11-7-26(8-12-33)6-2-9-34(26)18-20-15-21(27(28,29)30)17-23(16-20)40-22-4-13-41(38,39)14-5-22/h3,10,15-17,22H,2,4-9,11-14,18H2,1H3,(H,31,32,36). The summed E-state index contributed by atoms with van der Waals surface area (Å²) in [6, 6.07) is 5.03. The first-order valence-corrected chi connectivity index (χ1v) is 15.6. The number of sulfone groups is 1. The predicted octanol–water partition coefficient (Wildman–Crippen LogP) is 3.92. The lowest BCUT2D eigenvalue weighted by molar-refractivity contribution is -0.137. The molecular weight excluding hydrogens is 563 g/mol. The Balaban J connectivity index is 1.27. The van der Waals surface area contributed by atoms with Crippen LogP contribution in [0.2, 0.25) is 0 Å². The number of carbonyl (C=O) groups excluding carboxylic acids is 2. The molecule has 0 saturated carbocycles. The summed E-state index contributed by atoms with van der Waals surface area (Å²) in [5.41, 5.74) is -0.532. The maximum Gasteiger partial charge on any atom is 0.416 e. The average molecular weight is 598 g/mol. The SMILES string of the molecule is CC(=O)Nc1ccn(C(=O)N2CCC3(CCCN3Cc3cc(OC4CCS(=O)(=O)CC4)cc(C(F)(F)F)c3)CC2)n1. The highest BCUT2D eigenvalue weighted by molar-refractivity contribution is 7.91. The van der Waals surface area contributed by atoms with E-state index in [-0.39, 0.29) is 47.6 Å². The molecule has 3 fully saturated rings. The van der Waals surface area contributed by atoms with Crippen LogP contribution in [0.1, 0.15) is 56.6 Å². The first-order valence-electron chi connectivity index (χ1n) is 13.8. The van der Waals surface area contributed by atoms with Crippen LogP contribution in [0.3, 0.4) is 0 Å². The van der Waals surface area contributed by atoms with Gasteiger partial charge in [0.25, 0.3) is 0 Å². The van der Waals surface area contributed by atoms with Crippen molar-refractivity contribution in [2.45, 2.75) is 69.8 Å². The lowest BCUT2D eigenvalue weighted by atomic mass is 9.84. The van der Waals surface area contributed by atoms with Crippen molar-refractivity contribution in [3.8, 4) is 5.75 Å². The van der Waals surface area contributed by atoms with Crippen LogP contribution in [-0.2, 0) is 27.4 Å². The van der Waals surface area contributed by atoms with Crippen LogP contribution in [0.15, 0.2) is 30.5 Å². The number of aromatic nitrogens is 2. The van der Waals surface area contributed by atoms with E-state index in [2.05, 4.69) is 15.3 Å². The topological polar surface area (TPSA) is 114 Å². The number of rotatable bonds is 5. The molecule has 0 atom stereocenters. The molecule has 0 bridgehead atoms. The minimum absolute atomic E-state index is 0.0316. The number of piperidine rings is 1. The van der Waals surface area contributed by atoms with E-state index in [1.807, 2.05) is 0 Å². The molecule has 3 saturated heterocycles. The molecule has 4 heterocycles. The molecule has 41 heavy (non-hydrogen) atoms. The number of halogens is 3. The molecule has 14 heteroatoms. The maximum absolute atomic E-state index is 13.8. The number of amides is 2. The van der Waals surface area contributed by atoms with Gasteiger partial charge in [-0.3, -0.25) is 9.69 Å². The summed E-state index contributed by atoms with van der Waals surface area (Å²) in [6.07, 6.45) is 0.170. The van der Waals surface area contributed by atoms with Crippen LogP contribution in [0, 0.1) is 0 Å². The largest absolute Gasteiger partial charge is 0.490 e. The van der Waals surface area contributed by atoms with E-state index in [9.17, 15) is 31.2 Å². The quantitative estimate of drug-likeness (QED) is 0.556. The fraction of sp³-hybridized carbons (Fsp3) is 0.593. The monoisotopic (exact) mass is 597 g/mol. The number of anilines is 1. The number of likely N-dealkylation sites (tertiary alicyclic amines) is 2. The molecule has 224 valence electrons. The Morgan fingerprint density at radius 1 is 1.10 bits per heavy atom. The highest BCUT2D eigenvalue weighted by Crippen LogP contribution is 2.41. The Hall–Kier alpha value is -3.13. The lowest BCUT2D eigenvalue weighted by Gasteiger charge is -2.45. The van der Waals surface area contributed by atoms with Crippen molar-refractivity contribution in [1.29, 1.82) is 0 Å². The zero-order valence-corrected chi connectivity index (χ0v) is 23.6. The van der Waals surface area contributed by atoms with Crippen LogP contribution >= 0.6 is 0 Å². The van der Waals surface area contributed by atoms with Gasteiger partial charge in [-0.15, -0.1) is 5.10 Å². The van der Waals surface area contributed by atoms with Gasteiger partial charge >= 0.3 is 12.2 Å². The number of benzene rings is 1. The zero-order valence-electron chi connectivity index (χ0n) is 22.8. The summed E-state index contributed by atoms with van der Waals surface area (Å²) in [5, 5.41) is 6.66. The van der Waals surface area contributed by atoms with Crippen molar-refractivity contribution in [3.05, 3.63) is 41.6 Å². The number of hydrogen-bond donors (Lipinski definition) is 1. The zero-order chi connectivity index (χ0) is 29.4. The van der Waals surface area contributed by atoms with Gasteiger partial charge in [-0.25, -0.2) is 13.2 Å². The van der Waals surface area contributed by atoms with Crippen LogP contribution < -0.4 is 10.1 Å². The number of carbonyl (C=O) groups is 2. The molecule has 0 radical (unpaired) electrons. The molecule has 1 aromatic heterocycles. The fourth-order valence-corrected chi connectivity index (χ4v) is 7.57. The Bertz CT molecular complexity index is 1390. The van der Waals surface area contributed by atoms with Gasteiger partial charge in [0.05, 0.1) is 17.1 Å². The lowest BCUT2D eigenvalue weighted by Crippen LogP contribution is -2.53. The third-order valence-corrected chi connectivity index (χ3v) is 9.98. The van der Waals surface area contributed by atoms with Gasteiger partial charge in [-0.2, -0.15) is 17.9 Å². The van der Waals surface area contributed by atoms with Crippen molar-refractivity contribution >= 4 is 27.6 Å². The molecule has 3 aliphatic rings. The van der Waals surface area contributed by atoms with Gasteiger partial charge in [-0.1, -0.05) is 0 Å². The molecule has 1 spiro atoms. The van der Waals surface area contributed by atoms with E-state index in [1.165, 1.54) is 17.8 Å². The minimum Gasteiger partial charge on any atom is -0.490 e. The maximum atomic E-state index is 13.8. The molecule has 2 amide bonds. The first kappa shape index (κ1) is 29.4. The van der Waals surface area contributed by atoms with Crippen LogP contribution in [-0.4, -0.2) is 82.7 Å². The summed E-state index contributed by atoms with van der Waals surface area (Å²) in [4.78, 5) is 28.2. The predicted molar refractivity (Wildman–Crippen MR) is 144 cm³/mol. The molecule has 2 aromatic rings. The second kappa shape index (κ2) is 11.3. The third kappa shape index (κ3) is 6.85. The Kier molecular flexibility index (Phi) is 8.07. The van der Waals surface area contributed by atoms with Gasteiger partial charge < -0.3 is 15.0 Å². The van der Waals surface area contributed by atoms with E-state index in [0.717, 1.165) is 31.5 Å². The fourth-order valence-electron chi connectivity index (χ4n) is 6.13.